The molecular weight excluding hydrogens is 1090 g/mol. The van der Waals surface area contributed by atoms with Gasteiger partial charge >= 0.3 is 49.4 Å². The smallest absolute Gasteiger partial charge is 0.194 e. The van der Waals surface area contributed by atoms with Crippen LogP contribution in [-0.4, -0.2) is 6.15 Å². The zero-order valence-electron chi connectivity index (χ0n) is 38.3. The van der Waals surface area contributed by atoms with Gasteiger partial charge in [-0.2, -0.15) is 132 Å². The molecule has 0 amide bonds. The van der Waals surface area contributed by atoms with Gasteiger partial charge in [0.2, 0.25) is 11.2 Å². The van der Waals surface area contributed by atoms with E-state index in [0.29, 0.717) is 0 Å². The summed E-state index contributed by atoms with van der Waals surface area (Å²) in [5.74, 6) is 0. The Labute approximate surface area is 418 Å². The van der Waals surface area contributed by atoms with Gasteiger partial charge in [-0.3, -0.25) is 0 Å². The molecule has 77 heavy (non-hydrogen) atoms. The predicted molar refractivity (Wildman–Crippen MR) is 234 cm³/mol. The summed E-state index contributed by atoms with van der Waals surface area (Å²) in [5.41, 5.74) is -25.4. The lowest BCUT2D eigenvalue weighted by molar-refractivity contribution is -0.664. The molecule has 0 radical (unpaired) electrons. The molecular formula is C51H30BF24N. The minimum absolute atomic E-state index is 0.691. The van der Waals surface area contributed by atoms with Crippen LogP contribution in [0.1, 0.15) is 62.7 Å². The highest BCUT2D eigenvalue weighted by Crippen LogP contribution is 2.41. The fourth-order valence-corrected chi connectivity index (χ4v) is 8.64. The van der Waals surface area contributed by atoms with Gasteiger partial charge < -0.3 is 0 Å². The first-order valence-electron chi connectivity index (χ1n) is 21.5. The molecule has 6 aromatic carbocycles. The number of fused-ring (bicyclic) bond motifs is 1. The zero-order valence-corrected chi connectivity index (χ0v) is 38.3. The van der Waals surface area contributed by atoms with E-state index in [4.69, 9.17) is 0 Å². The fraction of sp³-hybridized carbons (Fsp3) is 0.196. The predicted octanol–water partition coefficient (Wildman–Crippen LogP) is 15.4. The van der Waals surface area contributed by atoms with Crippen molar-refractivity contribution in [1.29, 1.82) is 0 Å². The van der Waals surface area contributed by atoms with Gasteiger partial charge in [-0.05, 0) is 43.3 Å². The highest BCUT2D eigenvalue weighted by molar-refractivity contribution is 7.20. The number of halogens is 24. The average Bonchev–Trinajstić information content (AvgIpc) is 3.30. The maximum atomic E-state index is 14.2. The normalized spacial score (nSPS) is 13.4. The molecule has 0 N–H and O–H groups in total. The van der Waals surface area contributed by atoms with Crippen LogP contribution < -0.4 is 26.4 Å². The largest absolute Gasteiger partial charge is 0.416 e. The topological polar surface area (TPSA) is 3.88 Å². The van der Waals surface area contributed by atoms with E-state index < -0.39 is 195 Å². The maximum absolute atomic E-state index is 14.2. The summed E-state index contributed by atoms with van der Waals surface area (Å²) in [7, 11) is 0. The van der Waals surface area contributed by atoms with E-state index in [1.54, 1.807) is 0 Å². The Kier molecular flexibility index (Phi) is 15.6. The first-order valence-corrected chi connectivity index (χ1v) is 21.5. The Hall–Kier alpha value is -7.15. The van der Waals surface area contributed by atoms with Crippen molar-refractivity contribution in [2.45, 2.75) is 62.9 Å². The minimum atomic E-state index is -6.13. The third kappa shape index (κ3) is 13.2. The van der Waals surface area contributed by atoms with Crippen molar-refractivity contribution in [1.82, 2.24) is 0 Å². The molecule has 0 bridgehead atoms. The molecule has 0 aliphatic carbocycles. The molecule has 7 rings (SSSR count). The standard InChI is InChI=1S/C32H12BF24.C19H18N/c34-25(35,36)13-1-14(26(37,38)39)6-21(5-13)33(22-7-15(27(40,41)42)2-16(8-22)28(43,44)45,23-9-17(29(46,47)48)3-18(10-23)30(49,50)51)24-11-19(31(52,53)54)4-20(12-24)32(55,56)57;1-15(2)18-13-12-17-10-6-7-11-19(17)20(18)14-16-8-4-3-5-9-16/h1-12H;3-13H,1,14H2,2H3/q-1;+1. The summed E-state index contributed by atoms with van der Waals surface area (Å²) in [6.07, 6.45) is -54.8. The number of aromatic nitrogens is 1. The first kappa shape index (κ1) is 59.1. The lowest BCUT2D eigenvalue weighted by Gasteiger charge is -2.46. The second kappa shape index (κ2) is 20.3. The van der Waals surface area contributed by atoms with Crippen LogP contribution in [0.25, 0.3) is 16.5 Å². The second-order valence-corrected chi connectivity index (χ2v) is 17.4. The van der Waals surface area contributed by atoms with Gasteiger partial charge in [0.25, 0.3) is 0 Å². The summed E-state index contributed by atoms with van der Waals surface area (Å²) in [5, 5.41) is 1.26. The number of alkyl halides is 24. The Bertz CT molecular complexity index is 2860. The molecule has 0 saturated heterocycles. The molecule has 410 valence electrons. The van der Waals surface area contributed by atoms with Crippen LogP contribution in [0.4, 0.5) is 105 Å². The monoisotopic (exact) mass is 1120 g/mol. The van der Waals surface area contributed by atoms with Gasteiger partial charge in [0.15, 0.2) is 6.54 Å². The Balaban J connectivity index is 0.000000397. The van der Waals surface area contributed by atoms with Crippen LogP contribution in [0, 0.1) is 0 Å². The number of rotatable bonds is 7. The van der Waals surface area contributed by atoms with Crippen LogP contribution >= 0.6 is 0 Å². The van der Waals surface area contributed by atoms with Gasteiger partial charge in [-0.15, -0.1) is 0 Å². The molecule has 1 aromatic heterocycles. The molecule has 0 unspecified atom stereocenters. The molecule has 0 atom stereocenters. The quantitative estimate of drug-likeness (QED) is 0.0851. The number of benzene rings is 6. The van der Waals surface area contributed by atoms with Crippen molar-refractivity contribution in [3.63, 3.8) is 0 Å². The van der Waals surface area contributed by atoms with E-state index in [2.05, 4.69) is 84.8 Å². The van der Waals surface area contributed by atoms with Gasteiger partial charge in [0, 0.05) is 28.7 Å². The highest BCUT2D eigenvalue weighted by Gasteiger charge is 2.47. The van der Waals surface area contributed by atoms with Crippen LogP contribution in [0.5, 0.6) is 0 Å². The van der Waals surface area contributed by atoms with Crippen molar-refractivity contribution in [2.24, 2.45) is 0 Å². The van der Waals surface area contributed by atoms with Gasteiger partial charge in [0.05, 0.1) is 44.5 Å². The molecule has 1 heterocycles. The average molecular weight is 1120 g/mol. The highest BCUT2D eigenvalue weighted by atomic mass is 19.4. The van der Waals surface area contributed by atoms with E-state index in [-0.39, 0.29) is 0 Å². The van der Waals surface area contributed by atoms with Crippen LogP contribution in [-0.2, 0) is 56.0 Å². The summed E-state index contributed by atoms with van der Waals surface area (Å²) in [6, 6.07) is 14.6. The van der Waals surface area contributed by atoms with E-state index in [0.717, 1.165) is 12.1 Å². The first-order chi connectivity index (χ1) is 35.0. The molecule has 0 spiro atoms. The number of hydrogen-bond acceptors (Lipinski definition) is 0. The Morgan fingerprint density at radius 3 is 0.870 bits per heavy atom. The van der Waals surface area contributed by atoms with Crippen molar-refractivity contribution in [3.05, 3.63) is 202 Å². The van der Waals surface area contributed by atoms with Gasteiger partial charge in [-0.25, -0.2) is 0 Å². The lowest BCUT2D eigenvalue weighted by atomic mass is 9.12. The van der Waals surface area contributed by atoms with Gasteiger partial charge in [-0.1, -0.05) is 97.6 Å². The number of hydrogen-bond donors (Lipinski definition) is 0. The molecule has 0 fully saturated rings. The van der Waals surface area contributed by atoms with Crippen LogP contribution in [0.15, 0.2) is 146 Å². The van der Waals surface area contributed by atoms with E-state index in [1.165, 1.54) is 22.2 Å². The Morgan fingerprint density at radius 2 is 0.610 bits per heavy atom. The molecule has 1 nitrogen and oxygen atoms in total. The molecule has 7 aromatic rings. The number of pyridine rings is 1. The summed E-state index contributed by atoms with van der Waals surface area (Å²) in [6.45, 7) is 7.04. The van der Waals surface area contributed by atoms with Crippen LogP contribution in [0.3, 0.4) is 0 Å². The molecule has 26 heteroatoms. The van der Waals surface area contributed by atoms with E-state index >= 15 is 0 Å². The third-order valence-corrected chi connectivity index (χ3v) is 12.0. The van der Waals surface area contributed by atoms with E-state index in [9.17, 15) is 105 Å². The molecule has 0 aliphatic heterocycles. The van der Waals surface area contributed by atoms with Crippen molar-refractivity contribution in [3.8, 4) is 0 Å². The zero-order chi connectivity index (χ0) is 57.9. The van der Waals surface area contributed by atoms with Crippen molar-refractivity contribution >= 4 is 44.5 Å². The van der Waals surface area contributed by atoms with Crippen molar-refractivity contribution < 1.29 is 110 Å². The SMILES string of the molecule is C=C(C)c1ccc2ccccc2[n+]1Cc1ccccc1.FC(F)(F)c1cc([B-](c2cc(C(F)(F)F)cc(C(F)(F)F)c2)(c2cc(C(F)(F)F)cc(C(F)(F)F)c2)c2cc(C(F)(F)F)cc(C(F)(F)F)c2)cc(C(F)(F)F)c1. The second-order valence-electron chi connectivity index (χ2n) is 17.4. The van der Waals surface area contributed by atoms with Crippen LogP contribution in [0.2, 0.25) is 0 Å². The summed E-state index contributed by atoms with van der Waals surface area (Å²) < 4.78 is 343. The molecule has 0 saturated carbocycles. The number of allylic oxidation sites excluding steroid dienone is 1. The maximum Gasteiger partial charge on any atom is 0.416 e. The molecule has 0 aliphatic rings. The minimum Gasteiger partial charge on any atom is -0.194 e. The van der Waals surface area contributed by atoms with Crippen molar-refractivity contribution in [2.75, 3.05) is 0 Å². The number of para-hydroxylation sites is 1. The summed E-state index contributed by atoms with van der Waals surface area (Å²) >= 11 is 0. The fourth-order valence-electron chi connectivity index (χ4n) is 8.64. The summed E-state index contributed by atoms with van der Waals surface area (Å²) in [4.78, 5) is 0. The van der Waals surface area contributed by atoms with E-state index in [1.807, 2.05) is 0 Å². The number of nitrogens with zero attached hydrogens (tertiary/aromatic N) is 1. The third-order valence-electron chi connectivity index (χ3n) is 12.0. The Morgan fingerprint density at radius 1 is 0.351 bits per heavy atom. The lowest BCUT2D eigenvalue weighted by Crippen LogP contribution is -2.75. The van der Waals surface area contributed by atoms with Gasteiger partial charge in [0.1, 0.15) is 6.15 Å².